The molecular formula is C13H10F3N3O5. The van der Waals surface area contributed by atoms with Crippen molar-refractivity contribution in [2.75, 3.05) is 0 Å². The molecule has 2 heterocycles. The highest BCUT2D eigenvalue weighted by Crippen LogP contribution is 2.31. The van der Waals surface area contributed by atoms with Crippen LogP contribution in [-0.2, 0) is 11.0 Å². The van der Waals surface area contributed by atoms with Gasteiger partial charge in [-0.15, -0.1) is 0 Å². The van der Waals surface area contributed by atoms with Crippen LogP contribution in [0.5, 0.6) is 5.75 Å². The van der Waals surface area contributed by atoms with Crippen molar-refractivity contribution in [3.63, 3.8) is 0 Å². The van der Waals surface area contributed by atoms with E-state index in [1.165, 1.54) is 0 Å². The Balaban J connectivity index is 2.56. The SMILES string of the molecule is C[C@H](NC(=O)c1c(O)c2ccc(C(F)(F)F)nc2[nH]c1=O)C(=O)O. The van der Waals surface area contributed by atoms with Crippen molar-refractivity contribution < 1.29 is 33.0 Å². The van der Waals surface area contributed by atoms with Crippen molar-refractivity contribution in [1.29, 1.82) is 0 Å². The topological polar surface area (TPSA) is 132 Å². The number of aromatic amines is 1. The van der Waals surface area contributed by atoms with E-state index in [9.17, 15) is 32.7 Å². The Hall–Kier alpha value is -3.11. The lowest BCUT2D eigenvalue weighted by Gasteiger charge is -2.11. The first-order valence-electron chi connectivity index (χ1n) is 6.39. The minimum absolute atomic E-state index is 0.296. The molecule has 2 aromatic rings. The van der Waals surface area contributed by atoms with Gasteiger partial charge in [0.25, 0.3) is 11.5 Å². The maximum atomic E-state index is 12.6. The third kappa shape index (κ3) is 3.14. The van der Waals surface area contributed by atoms with Crippen LogP contribution in [0.3, 0.4) is 0 Å². The minimum Gasteiger partial charge on any atom is -0.506 e. The molecule has 128 valence electrons. The molecule has 0 aliphatic carbocycles. The number of carbonyl (C=O) groups is 2. The highest BCUT2D eigenvalue weighted by Gasteiger charge is 2.33. The first kappa shape index (κ1) is 17.2. The number of nitrogens with one attached hydrogen (secondary N) is 2. The number of carboxylic acid groups (broad SMARTS) is 1. The van der Waals surface area contributed by atoms with Crippen LogP contribution in [0.15, 0.2) is 16.9 Å². The number of carbonyl (C=O) groups excluding carboxylic acids is 1. The molecule has 4 N–H and O–H groups in total. The third-order valence-corrected chi connectivity index (χ3v) is 3.08. The van der Waals surface area contributed by atoms with E-state index in [2.05, 4.69) is 4.98 Å². The lowest BCUT2D eigenvalue weighted by atomic mass is 10.1. The predicted octanol–water partition coefficient (Wildman–Crippen LogP) is 0.850. The quantitative estimate of drug-likeness (QED) is 0.652. The first-order chi connectivity index (χ1) is 11.0. The number of aromatic nitrogens is 2. The zero-order valence-electron chi connectivity index (χ0n) is 11.9. The monoisotopic (exact) mass is 345 g/mol. The van der Waals surface area contributed by atoms with Crippen LogP contribution in [0.2, 0.25) is 0 Å². The second-order valence-electron chi connectivity index (χ2n) is 4.80. The Morgan fingerprint density at radius 1 is 1.33 bits per heavy atom. The number of hydrogen-bond donors (Lipinski definition) is 4. The maximum absolute atomic E-state index is 12.6. The minimum atomic E-state index is -4.76. The number of aliphatic carboxylic acids is 1. The van der Waals surface area contributed by atoms with Crippen molar-refractivity contribution >= 4 is 22.9 Å². The normalized spacial score (nSPS) is 12.8. The number of aromatic hydroxyl groups is 1. The molecule has 1 amide bonds. The van der Waals surface area contributed by atoms with Gasteiger partial charge in [-0.05, 0) is 19.1 Å². The van der Waals surface area contributed by atoms with Gasteiger partial charge in [-0.2, -0.15) is 13.2 Å². The van der Waals surface area contributed by atoms with Gasteiger partial charge < -0.3 is 20.5 Å². The van der Waals surface area contributed by atoms with E-state index in [4.69, 9.17) is 5.11 Å². The van der Waals surface area contributed by atoms with Gasteiger partial charge in [0.15, 0.2) is 0 Å². The summed E-state index contributed by atoms with van der Waals surface area (Å²) in [5.41, 5.74) is -3.88. The third-order valence-electron chi connectivity index (χ3n) is 3.08. The second kappa shape index (κ2) is 5.83. The Labute approximate surface area is 130 Å². The maximum Gasteiger partial charge on any atom is 0.433 e. The number of amides is 1. The number of H-pyrrole nitrogens is 1. The summed E-state index contributed by atoms with van der Waals surface area (Å²) in [6.07, 6.45) is -4.76. The summed E-state index contributed by atoms with van der Waals surface area (Å²) >= 11 is 0. The molecule has 0 aliphatic rings. The highest BCUT2D eigenvalue weighted by molar-refractivity contribution is 6.02. The fraction of sp³-hybridized carbons (Fsp3) is 0.231. The van der Waals surface area contributed by atoms with E-state index < -0.39 is 52.3 Å². The number of halogens is 3. The number of carboxylic acids is 1. The molecule has 24 heavy (non-hydrogen) atoms. The summed E-state index contributed by atoms with van der Waals surface area (Å²) in [5, 5.41) is 20.4. The number of rotatable bonds is 3. The van der Waals surface area contributed by atoms with Gasteiger partial charge in [0.2, 0.25) is 0 Å². The van der Waals surface area contributed by atoms with Gasteiger partial charge in [-0.1, -0.05) is 0 Å². The lowest BCUT2D eigenvalue weighted by Crippen LogP contribution is -2.40. The number of alkyl halides is 3. The fourth-order valence-corrected chi connectivity index (χ4v) is 1.86. The molecule has 11 heteroatoms. The Morgan fingerprint density at radius 2 is 1.96 bits per heavy atom. The summed E-state index contributed by atoms with van der Waals surface area (Å²) < 4.78 is 37.8. The molecule has 1 atom stereocenters. The van der Waals surface area contributed by atoms with Crippen molar-refractivity contribution in [3.8, 4) is 5.75 Å². The van der Waals surface area contributed by atoms with Crippen molar-refractivity contribution in [1.82, 2.24) is 15.3 Å². The first-order valence-corrected chi connectivity index (χ1v) is 6.39. The average molecular weight is 345 g/mol. The van der Waals surface area contributed by atoms with Crippen molar-refractivity contribution in [2.24, 2.45) is 0 Å². The molecule has 0 fully saturated rings. The summed E-state index contributed by atoms with van der Waals surface area (Å²) in [5.74, 6) is -3.47. The molecular weight excluding hydrogens is 335 g/mol. The van der Waals surface area contributed by atoms with Gasteiger partial charge in [0, 0.05) is 0 Å². The summed E-state index contributed by atoms with van der Waals surface area (Å²) in [6, 6.07) is 0.0631. The van der Waals surface area contributed by atoms with E-state index in [0.717, 1.165) is 13.0 Å². The van der Waals surface area contributed by atoms with Crippen LogP contribution in [0.1, 0.15) is 23.0 Å². The molecule has 2 rings (SSSR count). The van der Waals surface area contributed by atoms with Crippen LogP contribution >= 0.6 is 0 Å². The van der Waals surface area contributed by atoms with Crippen molar-refractivity contribution in [2.45, 2.75) is 19.1 Å². The summed E-state index contributed by atoms with van der Waals surface area (Å²) in [4.78, 5) is 39.6. The van der Waals surface area contributed by atoms with Crippen LogP contribution < -0.4 is 10.9 Å². The van der Waals surface area contributed by atoms with Gasteiger partial charge in [0.1, 0.15) is 28.7 Å². The average Bonchev–Trinajstić information content (AvgIpc) is 2.45. The summed E-state index contributed by atoms with van der Waals surface area (Å²) in [6.45, 7) is 1.13. The predicted molar refractivity (Wildman–Crippen MR) is 73.6 cm³/mol. The molecule has 8 nitrogen and oxygen atoms in total. The smallest absolute Gasteiger partial charge is 0.433 e. The van der Waals surface area contributed by atoms with E-state index in [-0.39, 0.29) is 5.39 Å². The van der Waals surface area contributed by atoms with Crippen molar-refractivity contribution in [3.05, 3.63) is 33.7 Å². The van der Waals surface area contributed by atoms with Crippen LogP contribution in [0.25, 0.3) is 11.0 Å². The number of fused-ring (bicyclic) bond motifs is 1. The van der Waals surface area contributed by atoms with Gasteiger partial charge >= 0.3 is 12.1 Å². The highest BCUT2D eigenvalue weighted by atomic mass is 19.4. The molecule has 0 unspecified atom stereocenters. The Morgan fingerprint density at radius 3 is 2.50 bits per heavy atom. The van der Waals surface area contributed by atoms with E-state index >= 15 is 0 Å². The van der Waals surface area contributed by atoms with Crippen LogP contribution in [0.4, 0.5) is 13.2 Å². The molecule has 0 radical (unpaired) electrons. The molecule has 0 aliphatic heterocycles. The number of nitrogens with zero attached hydrogens (tertiary/aromatic N) is 1. The molecule has 0 spiro atoms. The summed E-state index contributed by atoms with van der Waals surface area (Å²) in [7, 11) is 0. The van der Waals surface area contributed by atoms with Gasteiger partial charge in [-0.25, -0.2) is 4.98 Å². The van der Waals surface area contributed by atoms with Crippen LogP contribution in [0, 0.1) is 0 Å². The molecule has 0 aromatic carbocycles. The Bertz CT molecular complexity index is 891. The number of hydrogen-bond acceptors (Lipinski definition) is 5. The largest absolute Gasteiger partial charge is 0.506 e. The molecule has 0 saturated heterocycles. The lowest BCUT2D eigenvalue weighted by molar-refractivity contribution is -0.141. The standard InChI is InChI=1S/C13H10F3N3O5/c1-4(12(23)24)17-10(21)7-8(20)5-2-3-6(13(14,15)16)18-9(5)19-11(7)22/h2-4H,1H3,(H,17,21)(H,23,24)(H2,18,19,20,22)/t4-/m0/s1. The van der Waals surface area contributed by atoms with Gasteiger partial charge in [-0.3, -0.25) is 14.4 Å². The molecule has 0 saturated carbocycles. The number of pyridine rings is 2. The van der Waals surface area contributed by atoms with Crippen LogP contribution in [-0.4, -0.2) is 38.1 Å². The second-order valence-corrected chi connectivity index (χ2v) is 4.80. The van der Waals surface area contributed by atoms with E-state index in [0.29, 0.717) is 6.07 Å². The van der Waals surface area contributed by atoms with Gasteiger partial charge in [0.05, 0.1) is 5.39 Å². The fourth-order valence-electron chi connectivity index (χ4n) is 1.86. The van der Waals surface area contributed by atoms with E-state index in [1.807, 2.05) is 10.3 Å². The zero-order chi connectivity index (χ0) is 18.2. The molecule has 0 bridgehead atoms. The Kier molecular flexibility index (Phi) is 4.19. The zero-order valence-corrected chi connectivity index (χ0v) is 11.9. The van der Waals surface area contributed by atoms with E-state index in [1.54, 1.807) is 0 Å². The molecule has 2 aromatic heterocycles.